The molecule has 0 bridgehead atoms. The minimum atomic E-state index is -0.0712. The summed E-state index contributed by atoms with van der Waals surface area (Å²) in [6.07, 6.45) is 8.19. The molecule has 0 atom stereocenters. The molecule has 1 N–H and O–H groups in total. The van der Waals surface area contributed by atoms with Crippen LogP contribution in [-0.2, 0) is 0 Å². The van der Waals surface area contributed by atoms with Crippen LogP contribution in [0.25, 0.3) is 12.2 Å². The second-order valence-corrected chi connectivity index (χ2v) is 2.82. The Kier molecular flexibility index (Phi) is 19.0. The number of H-pyrrole nitrogens is 1. The molecule has 108 valence electrons. The Labute approximate surface area is 117 Å². The topological polar surface area (TPSA) is 45.8 Å². The maximum absolute atomic E-state index is 11.3. The average molecular weight is 264 g/mol. The third-order valence-electron chi connectivity index (χ3n) is 1.67. The van der Waals surface area contributed by atoms with E-state index in [0.29, 0.717) is 11.0 Å². The molecule has 0 radical (unpaired) electrons. The van der Waals surface area contributed by atoms with Crippen molar-refractivity contribution in [1.29, 1.82) is 0 Å². The van der Waals surface area contributed by atoms with Crippen LogP contribution in [0.3, 0.4) is 0 Å². The van der Waals surface area contributed by atoms with E-state index in [4.69, 9.17) is 0 Å². The molecular formula is C16H28N2O. The molecular weight excluding hydrogens is 236 g/mol. The van der Waals surface area contributed by atoms with E-state index in [2.05, 4.69) is 22.3 Å². The summed E-state index contributed by atoms with van der Waals surface area (Å²) in [7, 11) is 0. The van der Waals surface area contributed by atoms with Crippen molar-refractivity contribution in [2.75, 3.05) is 0 Å². The van der Waals surface area contributed by atoms with E-state index in [9.17, 15) is 4.79 Å². The highest BCUT2D eigenvalue weighted by atomic mass is 16.1. The summed E-state index contributed by atoms with van der Waals surface area (Å²) in [6.45, 7) is 15.1. The molecule has 0 aliphatic carbocycles. The van der Waals surface area contributed by atoms with Crippen LogP contribution in [0, 0.1) is 19.3 Å². The van der Waals surface area contributed by atoms with E-state index in [0.717, 1.165) is 5.35 Å². The molecule has 0 aromatic carbocycles. The Morgan fingerprint density at radius 3 is 1.89 bits per heavy atom. The second kappa shape index (κ2) is 16.2. The molecule has 0 saturated heterocycles. The van der Waals surface area contributed by atoms with Gasteiger partial charge in [0, 0.05) is 0 Å². The second-order valence-electron chi connectivity index (χ2n) is 2.82. The fourth-order valence-electron chi connectivity index (χ4n) is 1.12. The molecule has 1 rings (SSSR count). The fraction of sp³-hybridized carbons (Fsp3) is 0.500. The number of hydrogen-bond donors (Lipinski definition) is 1. The van der Waals surface area contributed by atoms with Crippen molar-refractivity contribution >= 4 is 12.2 Å². The molecule has 0 spiro atoms. The maximum Gasteiger partial charge on any atom is 0.258 e. The van der Waals surface area contributed by atoms with Crippen LogP contribution >= 0.6 is 0 Å². The van der Waals surface area contributed by atoms with Gasteiger partial charge in [-0.15, -0.1) is 12.3 Å². The maximum atomic E-state index is 11.3. The van der Waals surface area contributed by atoms with E-state index in [1.807, 2.05) is 47.6 Å². The first-order valence-electron chi connectivity index (χ1n) is 6.67. The first kappa shape index (κ1) is 22.4. The third kappa shape index (κ3) is 9.84. The summed E-state index contributed by atoms with van der Waals surface area (Å²) in [5.41, 5.74) is -0.0712. The lowest BCUT2D eigenvalue weighted by Gasteiger charge is -1.91. The zero-order valence-electron chi connectivity index (χ0n) is 13.6. The summed E-state index contributed by atoms with van der Waals surface area (Å²) in [5, 5.41) is 1.39. The van der Waals surface area contributed by atoms with Crippen LogP contribution in [0.1, 0.15) is 54.3 Å². The quantitative estimate of drug-likeness (QED) is 0.731. The average Bonchev–Trinajstić information content (AvgIpc) is 2.43. The summed E-state index contributed by atoms with van der Waals surface area (Å²) in [4.78, 5) is 18.1. The first-order chi connectivity index (χ1) is 9.10. The van der Waals surface area contributed by atoms with Crippen molar-refractivity contribution in [2.24, 2.45) is 0 Å². The number of aromatic nitrogens is 2. The van der Waals surface area contributed by atoms with E-state index >= 15 is 0 Å². The van der Waals surface area contributed by atoms with E-state index < -0.39 is 0 Å². The lowest BCUT2D eigenvalue weighted by Crippen LogP contribution is -2.43. The van der Waals surface area contributed by atoms with Gasteiger partial charge in [0.05, 0.1) is 10.6 Å². The molecule has 0 saturated carbocycles. The Bertz CT molecular complexity index is 519. The summed E-state index contributed by atoms with van der Waals surface area (Å²) in [6, 6.07) is 0. The third-order valence-corrected chi connectivity index (χ3v) is 1.67. The molecule has 0 aliphatic heterocycles. The molecule has 3 nitrogen and oxygen atoms in total. The zero-order chi connectivity index (χ0) is 15.8. The number of terminal acetylenes is 1. The van der Waals surface area contributed by atoms with Crippen LogP contribution < -0.4 is 16.1 Å². The van der Waals surface area contributed by atoms with Crippen molar-refractivity contribution in [2.45, 2.75) is 55.4 Å². The Hall–Kier alpha value is -1.82. The van der Waals surface area contributed by atoms with Crippen molar-refractivity contribution in [3.05, 3.63) is 26.7 Å². The lowest BCUT2D eigenvalue weighted by molar-refractivity contribution is 0.971. The highest BCUT2D eigenvalue weighted by molar-refractivity contribution is 5.23. The molecule has 0 amide bonds. The fourth-order valence-corrected chi connectivity index (χ4v) is 1.12. The monoisotopic (exact) mass is 264 g/mol. The van der Waals surface area contributed by atoms with Gasteiger partial charge in [-0.05, 0) is 27.7 Å². The minimum Gasteiger partial charge on any atom is -0.310 e. The number of nitrogens with zero attached hydrogens (tertiary/aromatic N) is 1. The van der Waals surface area contributed by atoms with Gasteiger partial charge in [0.1, 0.15) is 5.82 Å². The van der Waals surface area contributed by atoms with Crippen molar-refractivity contribution in [3.8, 4) is 12.3 Å². The SMILES string of the molecule is C#CC.C/C=c1/nc(C)[nH]c(=O)/c1=C/C.CC.CC. The normalized spacial score (nSPS) is 9.84. The predicted molar refractivity (Wildman–Crippen MR) is 86.3 cm³/mol. The highest BCUT2D eigenvalue weighted by Gasteiger charge is 1.92. The Morgan fingerprint density at radius 2 is 1.58 bits per heavy atom. The van der Waals surface area contributed by atoms with Gasteiger partial charge in [-0.1, -0.05) is 39.8 Å². The predicted octanol–water partition coefficient (Wildman–Crippen LogP) is 2.37. The van der Waals surface area contributed by atoms with Gasteiger partial charge in [0.2, 0.25) is 0 Å². The van der Waals surface area contributed by atoms with Crippen LogP contribution in [0.15, 0.2) is 4.79 Å². The number of nitrogens with one attached hydrogen (secondary N) is 1. The van der Waals surface area contributed by atoms with Crippen LogP contribution in [0.5, 0.6) is 0 Å². The van der Waals surface area contributed by atoms with Crippen LogP contribution in [0.4, 0.5) is 0 Å². The number of rotatable bonds is 0. The first-order valence-corrected chi connectivity index (χ1v) is 6.67. The Morgan fingerprint density at radius 1 is 1.16 bits per heavy atom. The number of aromatic amines is 1. The van der Waals surface area contributed by atoms with Crippen LogP contribution in [0.2, 0.25) is 0 Å². The Balaban J connectivity index is -0.000000313. The van der Waals surface area contributed by atoms with Gasteiger partial charge in [-0.25, -0.2) is 4.98 Å². The largest absolute Gasteiger partial charge is 0.310 e. The molecule has 0 fully saturated rings. The molecule has 1 heterocycles. The molecule has 19 heavy (non-hydrogen) atoms. The van der Waals surface area contributed by atoms with Gasteiger partial charge in [0.15, 0.2) is 0 Å². The van der Waals surface area contributed by atoms with Gasteiger partial charge in [-0.3, -0.25) is 4.79 Å². The summed E-state index contributed by atoms with van der Waals surface area (Å²) in [5.74, 6) is 2.90. The smallest absolute Gasteiger partial charge is 0.258 e. The molecule has 0 unspecified atom stereocenters. The zero-order valence-corrected chi connectivity index (χ0v) is 13.6. The van der Waals surface area contributed by atoms with Gasteiger partial charge in [0.25, 0.3) is 5.56 Å². The van der Waals surface area contributed by atoms with Crippen LogP contribution in [-0.4, -0.2) is 9.97 Å². The van der Waals surface area contributed by atoms with Crippen molar-refractivity contribution in [1.82, 2.24) is 9.97 Å². The van der Waals surface area contributed by atoms with Gasteiger partial charge in [-0.2, -0.15) is 0 Å². The molecule has 3 heteroatoms. The number of hydrogen-bond acceptors (Lipinski definition) is 2. The highest BCUT2D eigenvalue weighted by Crippen LogP contribution is 1.68. The van der Waals surface area contributed by atoms with E-state index in [1.165, 1.54) is 0 Å². The summed E-state index contributed by atoms with van der Waals surface area (Å²) < 4.78 is 0. The van der Waals surface area contributed by atoms with Crippen molar-refractivity contribution < 1.29 is 0 Å². The van der Waals surface area contributed by atoms with Gasteiger partial charge < -0.3 is 4.98 Å². The van der Waals surface area contributed by atoms with Gasteiger partial charge >= 0.3 is 0 Å². The lowest BCUT2D eigenvalue weighted by atomic mass is 10.3. The summed E-state index contributed by atoms with van der Waals surface area (Å²) >= 11 is 0. The molecule has 0 aliphatic rings. The number of aryl methyl sites for hydroxylation is 1. The molecule has 1 aromatic rings. The van der Waals surface area contributed by atoms with E-state index in [1.54, 1.807) is 19.9 Å². The molecule has 1 aromatic heterocycles. The minimum absolute atomic E-state index is 0.0712. The standard InChI is InChI=1S/C9H12N2O.C3H4.2C2H6/c1-4-7-8(5-2)10-6(3)11-9(7)12;1-3-2;2*1-2/h4-5H,1-3H3,(H,10,11,12);1H,2H3;2*1-2H3/b7-4+,8-5+;;;. The van der Waals surface area contributed by atoms with E-state index in [-0.39, 0.29) is 5.56 Å². The van der Waals surface area contributed by atoms with Crippen molar-refractivity contribution in [3.63, 3.8) is 0 Å².